The third kappa shape index (κ3) is 4.51. The maximum atomic E-state index is 12.7. The van der Waals surface area contributed by atoms with Gasteiger partial charge < -0.3 is 19.3 Å². The average molecular weight is 361 g/mol. The highest BCUT2D eigenvalue weighted by molar-refractivity contribution is 7.89. The molecule has 136 valence electrons. The molecule has 0 saturated heterocycles. The van der Waals surface area contributed by atoms with Gasteiger partial charge in [-0.2, -0.15) is 0 Å². The van der Waals surface area contributed by atoms with Gasteiger partial charge in [0.15, 0.2) is 11.5 Å². The van der Waals surface area contributed by atoms with Crippen LogP contribution >= 0.6 is 0 Å². The second-order valence-electron chi connectivity index (χ2n) is 6.06. The van der Waals surface area contributed by atoms with Gasteiger partial charge in [0.05, 0.1) is 27.8 Å². The first-order valence-corrected chi connectivity index (χ1v) is 8.52. The highest BCUT2D eigenvalue weighted by Crippen LogP contribution is 2.44. The van der Waals surface area contributed by atoms with Crippen molar-refractivity contribution in [1.82, 2.24) is 4.72 Å². The lowest BCUT2D eigenvalue weighted by atomic mass is 10.1. The van der Waals surface area contributed by atoms with Crippen LogP contribution in [0.25, 0.3) is 0 Å². The molecule has 1 aromatic rings. The minimum Gasteiger partial charge on any atom is -0.492 e. The molecule has 0 aliphatic carbocycles. The van der Waals surface area contributed by atoms with Crippen LogP contribution in [0.15, 0.2) is 11.0 Å². The fraction of sp³-hybridized carbons (Fsp3) is 0.533. The maximum Gasteiger partial charge on any atom is 0.307 e. The highest BCUT2D eigenvalue weighted by Gasteiger charge is 2.31. The summed E-state index contributed by atoms with van der Waals surface area (Å²) in [6.07, 6.45) is -0.429. The number of ether oxygens (including phenoxy) is 3. The van der Waals surface area contributed by atoms with E-state index in [1.165, 1.54) is 27.4 Å². The summed E-state index contributed by atoms with van der Waals surface area (Å²) in [7, 11) is -0.0287. The number of methoxy groups -OCH3 is 3. The number of benzene rings is 1. The Labute approximate surface area is 141 Å². The van der Waals surface area contributed by atoms with Gasteiger partial charge in [-0.05, 0) is 26.8 Å². The number of hydrogen-bond donors (Lipinski definition) is 2. The predicted molar refractivity (Wildman–Crippen MR) is 87.5 cm³/mol. The number of carboxylic acid groups (broad SMARTS) is 1. The lowest BCUT2D eigenvalue weighted by molar-refractivity contribution is -0.136. The molecule has 0 bridgehead atoms. The van der Waals surface area contributed by atoms with E-state index in [2.05, 4.69) is 4.72 Å². The van der Waals surface area contributed by atoms with Gasteiger partial charge >= 0.3 is 5.97 Å². The average Bonchev–Trinajstić information content (AvgIpc) is 2.42. The lowest BCUT2D eigenvalue weighted by Gasteiger charge is -2.23. The van der Waals surface area contributed by atoms with E-state index in [1.807, 2.05) is 0 Å². The smallest absolute Gasteiger partial charge is 0.307 e. The van der Waals surface area contributed by atoms with Crippen molar-refractivity contribution in [2.24, 2.45) is 0 Å². The first-order valence-electron chi connectivity index (χ1n) is 7.04. The summed E-state index contributed by atoms with van der Waals surface area (Å²) < 4.78 is 43.5. The number of sulfonamides is 1. The molecule has 0 atom stereocenters. The van der Waals surface area contributed by atoms with Crippen molar-refractivity contribution in [1.29, 1.82) is 0 Å². The molecule has 0 aliphatic heterocycles. The molecular weight excluding hydrogens is 338 g/mol. The first-order chi connectivity index (χ1) is 11.0. The Kier molecular flexibility index (Phi) is 6.07. The van der Waals surface area contributed by atoms with E-state index in [0.717, 1.165) is 0 Å². The Morgan fingerprint density at radius 2 is 1.58 bits per heavy atom. The molecular formula is C15H23NO7S. The SMILES string of the molecule is COc1c(CC(=O)O)cc(S(=O)(=O)NC(C)(C)C)c(OC)c1OC. The van der Waals surface area contributed by atoms with Crippen molar-refractivity contribution in [3.63, 3.8) is 0 Å². The molecule has 0 aromatic heterocycles. The third-order valence-electron chi connectivity index (χ3n) is 2.92. The number of carbonyl (C=O) groups is 1. The van der Waals surface area contributed by atoms with Gasteiger partial charge in [-0.3, -0.25) is 4.79 Å². The van der Waals surface area contributed by atoms with Crippen molar-refractivity contribution < 1.29 is 32.5 Å². The van der Waals surface area contributed by atoms with Crippen molar-refractivity contribution in [2.45, 2.75) is 37.6 Å². The zero-order valence-electron chi connectivity index (χ0n) is 14.6. The molecule has 0 heterocycles. The Morgan fingerprint density at radius 1 is 1.08 bits per heavy atom. The van der Waals surface area contributed by atoms with E-state index in [-0.39, 0.29) is 27.7 Å². The fourth-order valence-corrected chi connectivity index (χ4v) is 3.84. The minimum absolute atomic E-state index is 0.0213. The maximum absolute atomic E-state index is 12.7. The molecule has 2 N–H and O–H groups in total. The van der Waals surface area contributed by atoms with Gasteiger partial charge in [-0.15, -0.1) is 0 Å². The largest absolute Gasteiger partial charge is 0.492 e. The molecule has 24 heavy (non-hydrogen) atoms. The normalized spacial score (nSPS) is 11.9. The number of rotatable bonds is 7. The van der Waals surface area contributed by atoms with Gasteiger partial charge in [0.2, 0.25) is 15.8 Å². The van der Waals surface area contributed by atoms with E-state index < -0.39 is 28.0 Å². The molecule has 1 rings (SSSR count). The number of aliphatic carboxylic acids is 1. The Morgan fingerprint density at radius 3 is 1.96 bits per heavy atom. The lowest BCUT2D eigenvalue weighted by Crippen LogP contribution is -2.40. The molecule has 9 heteroatoms. The van der Waals surface area contributed by atoms with Gasteiger partial charge in [-0.1, -0.05) is 0 Å². The zero-order valence-corrected chi connectivity index (χ0v) is 15.4. The molecule has 0 amide bonds. The van der Waals surface area contributed by atoms with E-state index in [9.17, 15) is 13.2 Å². The summed E-state index contributed by atoms with van der Waals surface area (Å²) in [6, 6.07) is 1.22. The number of carboxylic acids is 1. The van der Waals surface area contributed by atoms with Crippen LogP contribution in [0, 0.1) is 0 Å². The second-order valence-corrected chi connectivity index (χ2v) is 7.71. The topological polar surface area (TPSA) is 111 Å². The third-order valence-corrected chi connectivity index (χ3v) is 4.68. The summed E-state index contributed by atoms with van der Waals surface area (Å²) in [5.41, 5.74) is -0.568. The highest BCUT2D eigenvalue weighted by atomic mass is 32.2. The van der Waals surface area contributed by atoms with Gasteiger partial charge in [-0.25, -0.2) is 13.1 Å². The van der Waals surface area contributed by atoms with Crippen molar-refractivity contribution in [3.05, 3.63) is 11.6 Å². The Bertz CT molecular complexity index is 720. The zero-order chi connectivity index (χ0) is 18.7. The molecule has 0 spiro atoms. The van der Waals surface area contributed by atoms with Crippen LogP contribution in [0.4, 0.5) is 0 Å². The fourth-order valence-electron chi connectivity index (χ4n) is 2.20. The molecule has 0 fully saturated rings. The minimum atomic E-state index is -3.98. The molecule has 0 radical (unpaired) electrons. The monoisotopic (exact) mass is 361 g/mol. The van der Waals surface area contributed by atoms with E-state index in [1.54, 1.807) is 20.8 Å². The van der Waals surface area contributed by atoms with Crippen LogP contribution in [0.3, 0.4) is 0 Å². The van der Waals surface area contributed by atoms with Crippen LogP contribution < -0.4 is 18.9 Å². The van der Waals surface area contributed by atoms with Gasteiger partial charge in [0.1, 0.15) is 4.90 Å². The van der Waals surface area contributed by atoms with E-state index in [0.29, 0.717) is 0 Å². The van der Waals surface area contributed by atoms with Crippen molar-refractivity contribution in [2.75, 3.05) is 21.3 Å². The van der Waals surface area contributed by atoms with Crippen molar-refractivity contribution >= 4 is 16.0 Å². The summed E-state index contributed by atoms with van der Waals surface area (Å²) >= 11 is 0. The quantitative estimate of drug-likeness (QED) is 0.755. The first kappa shape index (κ1) is 20.0. The van der Waals surface area contributed by atoms with Crippen LogP contribution in [-0.2, 0) is 21.2 Å². The number of hydrogen-bond acceptors (Lipinski definition) is 6. The summed E-state index contributed by atoms with van der Waals surface area (Å²) in [5.74, 6) is -1.05. The molecule has 0 unspecified atom stereocenters. The summed E-state index contributed by atoms with van der Waals surface area (Å²) in [6.45, 7) is 5.07. The molecule has 0 saturated carbocycles. The Balaban J connectivity index is 3.73. The van der Waals surface area contributed by atoms with Crippen LogP contribution in [0.2, 0.25) is 0 Å². The molecule has 1 aromatic carbocycles. The van der Waals surface area contributed by atoms with Gasteiger partial charge in [0, 0.05) is 11.1 Å². The number of nitrogens with one attached hydrogen (secondary N) is 1. The van der Waals surface area contributed by atoms with Crippen LogP contribution in [-0.4, -0.2) is 46.4 Å². The standard InChI is InChI=1S/C15H23NO7S/c1-15(2,3)16-24(19,20)10-7-9(8-11(17)18)12(21-4)14(23-6)13(10)22-5/h7,16H,8H2,1-6H3,(H,17,18). The molecule has 8 nitrogen and oxygen atoms in total. The van der Waals surface area contributed by atoms with Crippen LogP contribution in [0.5, 0.6) is 17.2 Å². The summed E-state index contributed by atoms with van der Waals surface area (Å²) in [5, 5.41) is 9.06. The molecule has 0 aliphatic rings. The van der Waals surface area contributed by atoms with Crippen molar-refractivity contribution in [3.8, 4) is 17.2 Å². The van der Waals surface area contributed by atoms with E-state index in [4.69, 9.17) is 19.3 Å². The predicted octanol–water partition coefficient (Wildman–Crippen LogP) is 1.42. The second kappa shape index (κ2) is 7.27. The van der Waals surface area contributed by atoms with E-state index >= 15 is 0 Å². The Hall–Kier alpha value is -2.00. The summed E-state index contributed by atoms with van der Waals surface area (Å²) in [4.78, 5) is 10.9. The van der Waals surface area contributed by atoms with Gasteiger partial charge in [0.25, 0.3) is 0 Å². The van der Waals surface area contributed by atoms with Crippen LogP contribution in [0.1, 0.15) is 26.3 Å².